The molecule has 0 fully saturated rings. The van der Waals surface area contributed by atoms with Crippen molar-refractivity contribution in [3.63, 3.8) is 0 Å². The maximum atomic E-state index is 13.0. The van der Waals surface area contributed by atoms with Gasteiger partial charge in [-0.25, -0.2) is 8.42 Å². The molecule has 1 aromatic carbocycles. The van der Waals surface area contributed by atoms with Crippen molar-refractivity contribution in [1.29, 1.82) is 0 Å². The first-order valence-corrected chi connectivity index (χ1v) is 8.63. The van der Waals surface area contributed by atoms with E-state index in [1.165, 1.54) is 15.2 Å². The van der Waals surface area contributed by atoms with Crippen LogP contribution < -0.4 is 5.73 Å². The number of benzene rings is 1. The third-order valence-corrected chi connectivity index (χ3v) is 6.05. The van der Waals surface area contributed by atoms with Crippen LogP contribution in [0.25, 0.3) is 0 Å². The molecule has 1 aromatic heterocycles. The van der Waals surface area contributed by atoms with Gasteiger partial charge in [0.05, 0.1) is 5.69 Å². The number of fused-ring (bicyclic) bond motifs is 1. The quantitative estimate of drug-likeness (QED) is 0.874. The topological polar surface area (TPSA) is 98.3 Å². The highest BCUT2D eigenvalue weighted by atomic mass is 32.2. The average molecular weight is 334 g/mol. The van der Waals surface area contributed by atoms with Gasteiger partial charge in [0.1, 0.15) is 10.9 Å². The number of sulfonamides is 1. The number of aryl methyl sites for hydroxylation is 2. The van der Waals surface area contributed by atoms with Crippen molar-refractivity contribution < 1.29 is 13.2 Å². The van der Waals surface area contributed by atoms with E-state index in [9.17, 15) is 13.2 Å². The Bertz CT molecular complexity index is 873. The van der Waals surface area contributed by atoms with Crippen molar-refractivity contribution in [3.8, 4) is 0 Å². The summed E-state index contributed by atoms with van der Waals surface area (Å²) < 4.78 is 28.6. The SMILES string of the molecule is Cc1nn(C)cc1S(=O)(=O)N1Cc2ccccc2CC1C(N)=O. The predicted molar refractivity (Wildman–Crippen MR) is 83.8 cm³/mol. The van der Waals surface area contributed by atoms with Gasteiger partial charge >= 0.3 is 0 Å². The summed E-state index contributed by atoms with van der Waals surface area (Å²) in [5, 5.41) is 4.08. The Kier molecular flexibility index (Phi) is 3.73. The number of nitrogens with zero attached hydrogens (tertiary/aromatic N) is 3. The minimum atomic E-state index is -3.86. The Labute approximate surface area is 134 Å². The average Bonchev–Trinajstić information content (AvgIpc) is 2.85. The van der Waals surface area contributed by atoms with Crippen LogP contribution in [0.1, 0.15) is 16.8 Å². The zero-order valence-corrected chi connectivity index (χ0v) is 13.7. The van der Waals surface area contributed by atoms with Crippen LogP contribution in [-0.4, -0.2) is 34.5 Å². The molecule has 2 aromatic rings. The second-order valence-electron chi connectivity index (χ2n) is 5.69. The summed E-state index contributed by atoms with van der Waals surface area (Å²) in [5.74, 6) is -0.648. The van der Waals surface area contributed by atoms with Gasteiger partial charge in [-0.15, -0.1) is 0 Å². The number of hydrogen-bond acceptors (Lipinski definition) is 4. The number of primary amides is 1. The Hall–Kier alpha value is -2.19. The van der Waals surface area contributed by atoms with Gasteiger partial charge in [0.15, 0.2) is 0 Å². The standard InChI is InChI=1S/C15H18N4O3S/c1-10-14(9-18(2)17-10)23(21,22)19-8-12-6-4-3-5-11(12)7-13(19)15(16)20/h3-6,9,13H,7-8H2,1-2H3,(H2,16,20). The highest BCUT2D eigenvalue weighted by molar-refractivity contribution is 7.89. The predicted octanol–water partition coefficient (Wildman–Crippen LogP) is 0.329. The van der Waals surface area contributed by atoms with Crippen LogP contribution in [0.15, 0.2) is 35.4 Å². The van der Waals surface area contributed by atoms with Gasteiger partial charge in [0.2, 0.25) is 15.9 Å². The molecule has 0 aliphatic carbocycles. The minimum Gasteiger partial charge on any atom is -0.368 e. The molecule has 0 spiro atoms. The van der Waals surface area contributed by atoms with Crippen LogP contribution >= 0.6 is 0 Å². The summed E-state index contributed by atoms with van der Waals surface area (Å²) >= 11 is 0. The lowest BCUT2D eigenvalue weighted by Gasteiger charge is -2.33. The van der Waals surface area contributed by atoms with Crippen molar-refractivity contribution in [2.75, 3.05) is 0 Å². The van der Waals surface area contributed by atoms with E-state index in [0.29, 0.717) is 5.69 Å². The molecule has 0 bridgehead atoms. The molecule has 1 unspecified atom stereocenters. The molecule has 2 N–H and O–H groups in total. The summed E-state index contributed by atoms with van der Waals surface area (Å²) in [5.41, 5.74) is 7.70. The van der Waals surface area contributed by atoms with E-state index < -0.39 is 22.0 Å². The second-order valence-corrected chi connectivity index (χ2v) is 7.55. The fraction of sp³-hybridized carbons (Fsp3) is 0.333. The van der Waals surface area contributed by atoms with Gasteiger partial charge in [-0.3, -0.25) is 9.48 Å². The van der Waals surface area contributed by atoms with E-state index in [1.807, 2.05) is 24.3 Å². The molecule has 0 radical (unpaired) electrons. The van der Waals surface area contributed by atoms with Gasteiger partial charge < -0.3 is 5.73 Å². The number of rotatable bonds is 3. The second kappa shape index (κ2) is 5.47. The first kappa shape index (κ1) is 15.7. The molecule has 1 aliphatic heterocycles. The molecule has 23 heavy (non-hydrogen) atoms. The molecular formula is C15H18N4O3S. The third-order valence-electron chi connectivity index (χ3n) is 4.09. The van der Waals surface area contributed by atoms with E-state index in [4.69, 9.17) is 5.73 Å². The van der Waals surface area contributed by atoms with Crippen LogP contribution in [0.2, 0.25) is 0 Å². The normalized spacial score (nSPS) is 18.6. The Morgan fingerprint density at radius 3 is 2.52 bits per heavy atom. The van der Waals surface area contributed by atoms with Crippen LogP contribution in [0, 0.1) is 6.92 Å². The molecule has 1 aliphatic rings. The molecule has 8 heteroatoms. The zero-order chi connectivity index (χ0) is 16.8. The highest BCUT2D eigenvalue weighted by Crippen LogP contribution is 2.29. The Balaban J connectivity index is 2.09. The third kappa shape index (κ3) is 2.64. The lowest BCUT2D eigenvalue weighted by molar-refractivity contribution is -0.122. The number of amides is 1. The van der Waals surface area contributed by atoms with Gasteiger partial charge in [-0.05, 0) is 24.5 Å². The van der Waals surface area contributed by atoms with Crippen molar-refractivity contribution in [2.45, 2.75) is 30.8 Å². The smallest absolute Gasteiger partial charge is 0.247 e. The van der Waals surface area contributed by atoms with Crippen LogP contribution in [0.4, 0.5) is 0 Å². The summed E-state index contributed by atoms with van der Waals surface area (Å²) in [6, 6.07) is 6.58. The summed E-state index contributed by atoms with van der Waals surface area (Å²) in [7, 11) is -2.20. The maximum Gasteiger partial charge on any atom is 0.247 e. The molecule has 1 atom stereocenters. The largest absolute Gasteiger partial charge is 0.368 e. The van der Waals surface area contributed by atoms with Crippen LogP contribution in [-0.2, 0) is 34.8 Å². The monoisotopic (exact) mass is 334 g/mol. The number of hydrogen-bond donors (Lipinski definition) is 1. The van der Waals surface area contributed by atoms with Crippen molar-refractivity contribution in [1.82, 2.24) is 14.1 Å². The minimum absolute atomic E-state index is 0.102. The molecule has 3 rings (SSSR count). The Morgan fingerprint density at radius 2 is 1.96 bits per heavy atom. The number of aromatic nitrogens is 2. The number of nitrogens with two attached hydrogens (primary N) is 1. The lowest BCUT2D eigenvalue weighted by Crippen LogP contribution is -2.51. The van der Waals surface area contributed by atoms with E-state index in [-0.39, 0.29) is 17.9 Å². The lowest BCUT2D eigenvalue weighted by atomic mass is 9.96. The molecular weight excluding hydrogens is 316 g/mol. The first-order valence-electron chi connectivity index (χ1n) is 7.19. The molecule has 2 heterocycles. The summed E-state index contributed by atoms with van der Waals surface area (Å²) in [4.78, 5) is 11.9. The van der Waals surface area contributed by atoms with E-state index >= 15 is 0 Å². The fourth-order valence-electron chi connectivity index (χ4n) is 2.95. The summed E-state index contributed by atoms with van der Waals surface area (Å²) in [6.07, 6.45) is 1.73. The van der Waals surface area contributed by atoms with Crippen molar-refractivity contribution in [3.05, 3.63) is 47.3 Å². The first-order chi connectivity index (χ1) is 10.8. The van der Waals surface area contributed by atoms with Crippen LogP contribution in [0.5, 0.6) is 0 Å². The fourth-order valence-corrected chi connectivity index (χ4v) is 4.73. The van der Waals surface area contributed by atoms with E-state index in [2.05, 4.69) is 5.10 Å². The molecule has 0 saturated heterocycles. The van der Waals surface area contributed by atoms with E-state index in [0.717, 1.165) is 11.1 Å². The van der Waals surface area contributed by atoms with Gasteiger partial charge in [-0.2, -0.15) is 9.40 Å². The maximum absolute atomic E-state index is 13.0. The zero-order valence-electron chi connectivity index (χ0n) is 12.9. The molecule has 122 valence electrons. The highest BCUT2D eigenvalue weighted by Gasteiger charge is 2.39. The number of carbonyl (C=O) groups is 1. The van der Waals surface area contributed by atoms with Crippen molar-refractivity contribution >= 4 is 15.9 Å². The van der Waals surface area contributed by atoms with Gasteiger partial charge in [-0.1, -0.05) is 24.3 Å². The number of carbonyl (C=O) groups excluding carboxylic acids is 1. The molecule has 7 nitrogen and oxygen atoms in total. The summed E-state index contributed by atoms with van der Waals surface area (Å²) in [6.45, 7) is 1.75. The Morgan fingerprint density at radius 1 is 1.30 bits per heavy atom. The van der Waals surface area contributed by atoms with E-state index in [1.54, 1.807) is 14.0 Å². The van der Waals surface area contributed by atoms with Crippen molar-refractivity contribution in [2.24, 2.45) is 12.8 Å². The molecule has 1 amide bonds. The molecule has 0 saturated carbocycles. The van der Waals surface area contributed by atoms with Gasteiger partial charge in [0.25, 0.3) is 0 Å². The van der Waals surface area contributed by atoms with Crippen LogP contribution in [0.3, 0.4) is 0 Å². The van der Waals surface area contributed by atoms with Gasteiger partial charge in [0, 0.05) is 19.8 Å².